The molecule has 1 aliphatic heterocycles. The van der Waals surface area contributed by atoms with Gasteiger partial charge < -0.3 is 16.0 Å². The fraction of sp³-hybridized carbons (Fsp3) is 0.438. The number of anilines is 1. The molecule has 8 heteroatoms. The van der Waals surface area contributed by atoms with Gasteiger partial charge in [-0.1, -0.05) is 6.92 Å². The third-order valence-corrected chi connectivity index (χ3v) is 6.09. The number of nitrogens with two attached hydrogens (primary N) is 1. The van der Waals surface area contributed by atoms with Crippen LogP contribution in [0.2, 0.25) is 0 Å². The zero-order chi connectivity index (χ0) is 17.3. The number of fused-ring (bicyclic) bond motifs is 1. The first kappa shape index (κ1) is 17.0. The molecule has 0 aromatic carbocycles. The highest BCUT2D eigenvalue weighted by Crippen LogP contribution is 2.39. The molecule has 0 saturated carbocycles. The first-order valence-corrected chi connectivity index (χ1v) is 9.64. The van der Waals surface area contributed by atoms with Crippen LogP contribution in [0.1, 0.15) is 34.1 Å². The van der Waals surface area contributed by atoms with E-state index in [4.69, 9.17) is 5.73 Å². The van der Waals surface area contributed by atoms with Gasteiger partial charge in [0.15, 0.2) is 0 Å². The molecule has 1 atom stereocenters. The number of carbonyl (C=O) groups excluding carboxylic acids is 3. The quantitative estimate of drug-likeness (QED) is 0.853. The molecule has 0 spiro atoms. The van der Waals surface area contributed by atoms with Crippen LogP contribution in [-0.4, -0.2) is 34.9 Å². The highest BCUT2D eigenvalue weighted by atomic mass is 32.2. The van der Waals surface area contributed by atoms with E-state index >= 15 is 0 Å². The largest absolute Gasteiger partial charge is 0.365 e. The Kier molecular flexibility index (Phi) is 4.96. The Morgan fingerprint density at radius 1 is 1.46 bits per heavy atom. The molecule has 0 bridgehead atoms. The average Bonchev–Trinajstić information content (AvgIpc) is 2.86. The van der Waals surface area contributed by atoms with E-state index in [2.05, 4.69) is 12.2 Å². The molecule has 3 amide bonds. The Morgan fingerprint density at radius 3 is 2.96 bits per heavy atom. The predicted molar refractivity (Wildman–Crippen MR) is 96.0 cm³/mol. The van der Waals surface area contributed by atoms with Crippen molar-refractivity contribution in [3.63, 3.8) is 0 Å². The molecule has 3 rings (SSSR count). The maximum absolute atomic E-state index is 12.3. The minimum atomic E-state index is -0.511. The van der Waals surface area contributed by atoms with Gasteiger partial charge in [0, 0.05) is 11.1 Å². The smallest absolute Gasteiger partial charge is 0.251 e. The normalized spacial score (nSPS) is 20.0. The van der Waals surface area contributed by atoms with Gasteiger partial charge in [0.05, 0.1) is 11.3 Å². The zero-order valence-corrected chi connectivity index (χ0v) is 15.0. The topological polar surface area (TPSA) is 92.5 Å². The van der Waals surface area contributed by atoms with Crippen LogP contribution in [0.5, 0.6) is 0 Å². The number of thioether (sulfide) groups is 1. The summed E-state index contributed by atoms with van der Waals surface area (Å²) in [4.78, 5) is 38.4. The fourth-order valence-electron chi connectivity index (χ4n) is 2.96. The maximum Gasteiger partial charge on any atom is 0.251 e. The van der Waals surface area contributed by atoms with Crippen molar-refractivity contribution < 1.29 is 14.4 Å². The maximum atomic E-state index is 12.3. The van der Waals surface area contributed by atoms with E-state index in [1.54, 1.807) is 11.6 Å². The lowest BCUT2D eigenvalue weighted by molar-refractivity contribution is -0.129. The van der Waals surface area contributed by atoms with E-state index in [-0.39, 0.29) is 18.4 Å². The van der Waals surface area contributed by atoms with Gasteiger partial charge in [0.2, 0.25) is 11.8 Å². The van der Waals surface area contributed by atoms with Gasteiger partial charge in [0.1, 0.15) is 11.5 Å². The molecule has 2 heterocycles. The summed E-state index contributed by atoms with van der Waals surface area (Å²) in [5.41, 5.74) is 6.95. The van der Waals surface area contributed by atoms with E-state index in [0.717, 1.165) is 29.7 Å². The van der Waals surface area contributed by atoms with E-state index < -0.39 is 5.91 Å². The van der Waals surface area contributed by atoms with E-state index in [9.17, 15) is 14.4 Å². The number of amides is 3. The molecule has 6 nitrogen and oxygen atoms in total. The minimum absolute atomic E-state index is 0.0624. The van der Waals surface area contributed by atoms with Crippen LogP contribution >= 0.6 is 23.1 Å². The summed E-state index contributed by atoms with van der Waals surface area (Å²) in [6, 6.07) is 0. The SMILES string of the molecule is CC1CCc2c(sc(NC(=O)CN3C=CSCC3=O)c2C(N)=O)C1. The molecule has 0 fully saturated rings. The zero-order valence-electron chi connectivity index (χ0n) is 13.3. The summed E-state index contributed by atoms with van der Waals surface area (Å²) < 4.78 is 0. The molecule has 24 heavy (non-hydrogen) atoms. The molecule has 2 aliphatic rings. The second-order valence-electron chi connectivity index (χ2n) is 6.09. The second-order valence-corrected chi connectivity index (χ2v) is 8.09. The van der Waals surface area contributed by atoms with Gasteiger partial charge in [-0.25, -0.2) is 0 Å². The van der Waals surface area contributed by atoms with Crippen molar-refractivity contribution in [1.29, 1.82) is 0 Å². The Hall–Kier alpha value is -1.80. The fourth-order valence-corrected chi connectivity index (χ4v) is 5.03. The molecule has 1 aromatic rings. The van der Waals surface area contributed by atoms with Crippen molar-refractivity contribution in [2.75, 3.05) is 17.6 Å². The van der Waals surface area contributed by atoms with Gasteiger partial charge in [-0.2, -0.15) is 0 Å². The van der Waals surface area contributed by atoms with Crippen molar-refractivity contribution >= 4 is 45.8 Å². The summed E-state index contributed by atoms with van der Waals surface area (Å²) >= 11 is 2.83. The summed E-state index contributed by atoms with van der Waals surface area (Å²) in [6.45, 7) is 2.12. The molecular weight excluding hydrogens is 346 g/mol. The highest BCUT2D eigenvalue weighted by molar-refractivity contribution is 8.02. The van der Waals surface area contributed by atoms with Crippen LogP contribution in [0.3, 0.4) is 0 Å². The van der Waals surface area contributed by atoms with Crippen LogP contribution in [-0.2, 0) is 22.4 Å². The van der Waals surface area contributed by atoms with Gasteiger partial charge in [-0.3, -0.25) is 14.4 Å². The number of carbonyl (C=O) groups is 3. The predicted octanol–water partition coefficient (Wildman–Crippen LogP) is 1.96. The minimum Gasteiger partial charge on any atom is -0.365 e. The summed E-state index contributed by atoms with van der Waals surface area (Å²) in [6.07, 6.45) is 4.33. The number of hydrogen-bond acceptors (Lipinski definition) is 5. The summed E-state index contributed by atoms with van der Waals surface area (Å²) in [5, 5.41) is 5.07. The van der Waals surface area contributed by atoms with Crippen molar-refractivity contribution in [2.24, 2.45) is 11.7 Å². The summed E-state index contributed by atoms with van der Waals surface area (Å²) in [7, 11) is 0. The third kappa shape index (κ3) is 3.49. The second kappa shape index (κ2) is 6.98. The molecule has 1 unspecified atom stereocenters. The third-order valence-electron chi connectivity index (χ3n) is 4.19. The van der Waals surface area contributed by atoms with Gasteiger partial charge in [0.25, 0.3) is 5.91 Å². The van der Waals surface area contributed by atoms with E-state index in [1.807, 2.05) is 0 Å². The van der Waals surface area contributed by atoms with Gasteiger partial charge in [-0.15, -0.1) is 23.1 Å². The van der Waals surface area contributed by atoms with Gasteiger partial charge in [-0.05, 0) is 36.2 Å². The lowest BCUT2D eigenvalue weighted by Gasteiger charge is -2.20. The Bertz CT molecular complexity index is 726. The molecular formula is C16H19N3O3S2. The van der Waals surface area contributed by atoms with Crippen LogP contribution in [0.25, 0.3) is 0 Å². The standard InChI is InChI=1S/C16H19N3O3S2/c1-9-2-3-10-11(6-9)24-16(14(10)15(17)22)18-12(20)7-19-4-5-23-8-13(19)21/h4-5,9H,2-3,6-8H2,1H3,(H2,17,22)(H,18,20). The lowest BCUT2D eigenvalue weighted by atomic mass is 9.88. The van der Waals surface area contributed by atoms with E-state index in [1.165, 1.54) is 28.0 Å². The molecule has 0 saturated heterocycles. The molecule has 0 radical (unpaired) electrons. The number of rotatable bonds is 4. The first-order valence-electron chi connectivity index (χ1n) is 7.77. The average molecular weight is 365 g/mol. The van der Waals surface area contributed by atoms with Crippen LogP contribution in [0, 0.1) is 5.92 Å². The number of primary amides is 1. The summed E-state index contributed by atoms with van der Waals surface area (Å²) in [5.74, 6) is -0.0422. The monoisotopic (exact) mass is 365 g/mol. The number of nitrogens with zero attached hydrogens (tertiary/aromatic N) is 1. The first-order chi connectivity index (χ1) is 11.5. The van der Waals surface area contributed by atoms with Crippen molar-refractivity contribution in [2.45, 2.75) is 26.2 Å². The Labute approximate surface area is 148 Å². The van der Waals surface area contributed by atoms with Crippen molar-refractivity contribution in [3.05, 3.63) is 27.6 Å². The number of hydrogen-bond donors (Lipinski definition) is 2. The number of nitrogens with one attached hydrogen (secondary N) is 1. The molecule has 128 valence electrons. The molecule has 1 aliphatic carbocycles. The lowest BCUT2D eigenvalue weighted by Crippen LogP contribution is -2.36. The molecule has 1 aromatic heterocycles. The van der Waals surface area contributed by atoms with Crippen molar-refractivity contribution in [1.82, 2.24) is 4.90 Å². The number of thiophene rings is 1. The Morgan fingerprint density at radius 2 is 2.25 bits per heavy atom. The van der Waals surface area contributed by atoms with Gasteiger partial charge >= 0.3 is 0 Å². The highest BCUT2D eigenvalue weighted by Gasteiger charge is 2.27. The Balaban J connectivity index is 1.78. The molecule has 3 N–H and O–H groups in total. The van der Waals surface area contributed by atoms with Crippen LogP contribution in [0.4, 0.5) is 5.00 Å². The van der Waals surface area contributed by atoms with E-state index in [0.29, 0.717) is 22.2 Å². The van der Waals surface area contributed by atoms with Crippen LogP contribution < -0.4 is 11.1 Å². The van der Waals surface area contributed by atoms with Crippen LogP contribution in [0.15, 0.2) is 11.6 Å². The van der Waals surface area contributed by atoms with Crippen molar-refractivity contribution in [3.8, 4) is 0 Å².